The van der Waals surface area contributed by atoms with Crippen molar-refractivity contribution in [3.63, 3.8) is 0 Å². The molecule has 2 nitrogen and oxygen atoms in total. The smallest absolute Gasteiger partial charge is 0.203 e. The molecule has 5 heteroatoms. The van der Waals surface area contributed by atoms with Gasteiger partial charge in [0.1, 0.15) is 0 Å². The third-order valence-electron chi connectivity index (χ3n) is 1.04. The molecule has 0 heterocycles. The third kappa shape index (κ3) is 2.03. The molecule has 0 saturated carbocycles. The topological polar surface area (TPSA) is 35.2 Å². The summed E-state index contributed by atoms with van der Waals surface area (Å²) in [5.41, 5.74) is 0. The zero-order valence-electron chi connectivity index (χ0n) is 5.38. The summed E-state index contributed by atoms with van der Waals surface area (Å²) >= 11 is 0. The summed E-state index contributed by atoms with van der Waals surface area (Å²) in [4.78, 5) is 4.01. The van der Waals surface area contributed by atoms with Gasteiger partial charge in [-0.1, -0.05) is 6.07 Å². The van der Waals surface area contributed by atoms with Crippen LogP contribution in [0, 0.1) is 11.6 Å². The SMILES string of the molecule is Cl.NOc1cccc(F)c1F. The van der Waals surface area contributed by atoms with E-state index < -0.39 is 11.6 Å². The van der Waals surface area contributed by atoms with Gasteiger partial charge in [0.2, 0.25) is 5.82 Å². The van der Waals surface area contributed by atoms with Crippen molar-refractivity contribution >= 4 is 12.4 Å². The van der Waals surface area contributed by atoms with Gasteiger partial charge >= 0.3 is 0 Å². The number of hydrogen-bond donors (Lipinski definition) is 1. The number of hydrogen-bond acceptors (Lipinski definition) is 2. The predicted molar refractivity (Wildman–Crippen MR) is 38.4 cm³/mol. The highest BCUT2D eigenvalue weighted by Gasteiger charge is 2.06. The highest BCUT2D eigenvalue weighted by molar-refractivity contribution is 5.85. The highest BCUT2D eigenvalue weighted by atomic mass is 35.5. The molecular weight excluding hydrogens is 176 g/mol. The van der Waals surface area contributed by atoms with Crippen LogP contribution in [0.4, 0.5) is 8.78 Å². The molecule has 0 fully saturated rings. The van der Waals surface area contributed by atoms with Gasteiger partial charge in [-0.2, -0.15) is 10.3 Å². The fraction of sp³-hybridized carbons (Fsp3) is 0. The Hall–Kier alpha value is -0.870. The molecular formula is C6H6ClF2NO. The second-order valence-corrected chi connectivity index (χ2v) is 1.67. The first-order valence-electron chi connectivity index (χ1n) is 2.56. The molecule has 0 aliphatic heterocycles. The second-order valence-electron chi connectivity index (χ2n) is 1.67. The van der Waals surface area contributed by atoms with Crippen molar-refractivity contribution in [2.24, 2.45) is 5.90 Å². The molecule has 1 aromatic carbocycles. The monoisotopic (exact) mass is 181 g/mol. The van der Waals surface area contributed by atoms with Crippen molar-refractivity contribution in [2.45, 2.75) is 0 Å². The van der Waals surface area contributed by atoms with E-state index in [4.69, 9.17) is 0 Å². The molecule has 1 aromatic rings. The highest BCUT2D eigenvalue weighted by Crippen LogP contribution is 2.17. The van der Waals surface area contributed by atoms with Crippen LogP contribution in [0.25, 0.3) is 0 Å². The van der Waals surface area contributed by atoms with Gasteiger partial charge < -0.3 is 4.84 Å². The van der Waals surface area contributed by atoms with Gasteiger partial charge in [0.25, 0.3) is 0 Å². The molecule has 0 aliphatic rings. The minimum atomic E-state index is -1.06. The van der Waals surface area contributed by atoms with E-state index in [0.29, 0.717) is 0 Å². The van der Waals surface area contributed by atoms with Crippen LogP contribution in [0.2, 0.25) is 0 Å². The summed E-state index contributed by atoms with van der Waals surface area (Å²) in [5.74, 6) is 2.29. The molecule has 0 aliphatic carbocycles. The molecule has 0 spiro atoms. The van der Waals surface area contributed by atoms with Crippen LogP contribution in [-0.4, -0.2) is 0 Å². The summed E-state index contributed by atoms with van der Waals surface area (Å²) in [6, 6.07) is 3.52. The Kier molecular flexibility index (Phi) is 3.78. The molecule has 0 unspecified atom stereocenters. The van der Waals surface area contributed by atoms with Gasteiger partial charge in [0, 0.05) is 0 Å². The first-order valence-corrected chi connectivity index (χ1v) is 2.56. The van der Waals surface area contributed by atoms with Gasteiger partial charge in [-0.25, -0.2) is 4.39 Å². The average molecular weight is 182 g/mol. The zero-order chi connectivity index (χ0) is 7.56. The van der Waals surface area contributed by atoms with Crippen molar-refractivity contribution in [3.05, 3.63) is 29.8 Å². The van der Waals surface area contributed by atoms with Crippen LogP contribution in [0.3, 0.4) is 0 Å². The maximum Gasteiger partial charge on any atom is 0.203 e. The molecule has 1 rings (SSSR count). The fourth-order valence-corrected chi connectivity index (χ4v) is 0.575. The van der Waals surface area contributed by atoms with Crippen molar-refractivity contribution in [1.29, 1.82) is 0 Å². The number of halogens is 3. The zero-order valence-corrected chi connectivity index (χ0v) is 6.20. The molecule has 0 bridgehead atoms. The Morgan fingerprint density at radius 3 is 2.36 bits per heavy atom. The number of rotatable bonds is 1. The maximum atomic E-state index is 12.4. The van der Waals surface area contributed by atoms with E-state index in [1.165, 1.54) is 12.1 Å². The second kappa shape index (κ2) is 4.10. The van der Waals surface area contributed by atoms with Crippen molar-refractivity contribution in [2.75, 3.05) is 0 Å². The van der Waals surface area contributed by atoms with E-state index >= 15 is 0 Å². The quantitative estimate of drug-likeness (QED) is 0.669. The summed E-state index contributed by atoms with van der Waals surface area (Å²) in [6.45, 7) is 0. The van der Waals surface area contributed by atoms with Gasteiger partial charge in [-0.15, -0.1) is 12.4 Å². The standard InChI is InChI=1S/C6H5F2NO.ClH/c7-4-2-1-3-5(10-9)6(4)8;/h1-3H,9H2;1H. The predicted octanol–water partition coefficient (Wildman–Crippen LogP) is 1.64. The van der Waals surface area contributed by atoms with Gasteiger partial charge in [-0.05, 0) is 12.1 Å². The van der Waals surface area contributed by atoms with Crippen LogP contribution < -0.4 is 10.7 Å². The lowest BCUT2D eigenvalue weighted by Crippen LogP contribution is -2.04. The fourth-order valence-electron chi connectivity index (χ4n) is 0.575. The lowest BCUT2D eigenvalue weighted by molar-refractivity contribution is 0.308. The maximum absolute atomic E-state index is 12.4. The van der Waals surface area contributed by atoms with E-state index in [1.807, 2.05) is 0 Å². The van der Waals surface area contributed by atoms with Gasteiger partial charge in [0.05, 0.1) is 0 Å². The van der Waals surface area contributed by atoms with Gasteiger partial charge in [0.15, 0.2) is 11.6 Å². The van der Waals surface area contributed by atoms with Crippen LogP contribution in [0.1, 0.15) is 0 Å². The van der Waals surface area contributed by atoms with Crippen molar-refractivity contribution < 1.29 is 13.6 Å². The number of benzene rings is 1. The molecule has 0 saturated heterocycles. The van der Waals surface area contributed by atoms with E-state index in [2.05, 4.69) is 10.7 Å². The third-order valence-corrected chi connectivity index (χ3v) is 1.04. The van der Waals surface area contributed by atoms with E-state index in [-0.39, 0.29) is 18.2 Å². The lowest BCUT2D eigenvalue weighted by Gasteiger charge is -1.98. The normalized spacial score (nSPS) is 8.64. The Morgan fingerprint density at radius 2 is 1.91 bits per heavy atom. The summed E-state index contributed by atoms with van der Waals surface area (Å²) in [7, 11) is 0. The molecule has 2 N–H and O–H groups in total. The Balaban J connectivity index is 0.000001000. The molecule has 62 valence electrons. The van der Waals surface area contributed by atoms with Crippen LogP contribution in [0.5, 0.6) is 5.75 Å². The first kappa shape index (κ1) is 10.1. The molecule has 0 aromatic heterocycles. The summed E-state index contributed by atoms with van der Waals surface area (Å²) < 4.78 is 24.7. The molecule has 11 heavy (non-hydrogen) atoms. The Morgan fingerprint density at radius 1 is 1.27 bits per heavy atom. The van der Waals surface area contributed by atoms with Crippen molar-refractivity contribution in [3.8, 4) is 5.75 Å². The Labute approximate surface area is 68.3 Å². The van der Waals surface area contributed by atoms with Gasteiger partial charge in [-0.3, -0.25) is 0 Å². The van der Waals surface area contributed by atoms with E-state index in [0.717, 1.165) is 6.07 Å². The molecule has 0 radical (unpaired) electrons. The molecule has 0 atom stereocenters. The van der Waals surface area contributed by atoms with E-state index in [1.54, 1.807) is 0 Å². The van der Waals surface area contributed by atoms with E-state index in [9.17, 15) is 8.78 Å². The number of nitrogens with two attached hydrogens (primary N) is 1. The minimum absolute atomic E-state index is 0. The minimum Gasteiger partial charge on any atom is -0.408 e. The summed E-state index contributed by atoms with van der Waals surface area (Å²) in [5, 5.41) is 0. The van der Waals surface area contributed by atoms with Crippen molar-refractivity contribution in [1.82, 2.24) is 0 Å². The molecule has 0 amide bonds. The van der Waals surface area contributed by atoms with Crippen LogP contribution in [0.15, 0.2) is 18.2 Å². The summed E-state index contributed by atoms with van der Waals surface area (Å²) in [6.07, 6.45) is 0. The first-order chi connectivity index (χ1) is 4.75. The largest absolute Gasteiger partial charge is 0.408 e. The lowest BCUT2D eigenvalue weighted by atomic mass is 10.3. The average Bonchev–Trinajstić information content (AvgIpc) is 1.95. The Bertz CT molecular complexity index is 244. The van der Waals surface area contributed by atoms with Crippen LogP contribution >= 0.6 is 12.4 Å². The van der Waals surface area contributed by atoms with Crippen LogP contribution in [-0.2, 0) is 0 Å².